The summed E-state index contributed by atoms with van der Waals surface area (Å²) < 4.78 is 7.17. The highest BCUT2D eigenvalue weighted by atomic mass is 16.5. The number of morpholine rings is 1. The fraction of sp³-hybridized carbons (Fsp3) is 0.444. The van der Waals surface area contributed by atoms with E-state index in [1.54, 1.807) is 10.9 Å². The molecule has 3 rings (SSSR count). The zero-order chi connectivity index (χ0) is 16.8. The molecule has 1 N–H and O–H groups in total. The van der Waals surface area contributed by atoms with E-state index in [9.17, 15) is 4.79 Å². The van der Waals surface area contributed by atoms with Crippen molar-refractivity contribution in [3.63, 3.8) is 0 Å². The van der Waals surface area contributed by atoms with E-state index in [0.29, 0.717) is 19.5 Å². The van der Waals surface area contributed by atoms with Crippen molar-refractivity contribution in [2.75, 3.05) is 31.2 Å². The Morgan fingerprint density at radius 2 is 2.00 bits per heavy atom. The number of hydrogen-bond acceptors (Lipinski definition) is 4. The predicted molar refractivity (Wildman–Crippen MR) is 92.9 cm³/mol. The minimum absolute atomic E-state index is 0.0420. The second kappa shape index (κ2) is 7.97. The number of benzene rings is 1. The van der Waals surface area contributed by atoms with Gasteiger partial charge >= 0.3 is 0 Å². The third kappa shape index (κ3) is 4.58. The first-order valence-electron chi connectivity index (χ1n) is 8.38. The Kier molecular flexibility index (Phi) is 5.48. The molecule has 0 bridgehead atoms. The molecule has 6 heteroatoms. The van der Waals surface area contributed by atoms with Gasteiger partial charge in [0.05, 0.1) is 19.4 Å². The number of aromatic nitrogens is 2. The first kappa shape index (κ1) is 16.5. The molecule has 24 heavy (non-hydrogen) atoms. The van der Waals surface area contributed by atoms with Gasteiger partial charge in [-0.15, -0.1) is 0 Å². The highest BCUT2D eigenvalue weighted by Gasteiger charge is 2.10. The van der Waals surface area contributed by atoms with Gasteiger partial charge in [0.15, 0.2) is 0 Å². The maximum atomic E-state index is 11.9. The molecule has 1 aromatic carbocycles. The van der Waals surface area contributed by atoms with Crippen molar-refractivity contribution in [2.45, 2.75) is 26.4 Å². The lowest BCUT2D eigenvalue weighted by Gasteiger charge is -2.28. The van der Waals surface area contributed by atoms with Gasteiger partial charge in [0.2, 0.25) is 5.91 Å². The van der Waals surface area contributed by atoms with Gasteiger partial charge in [-0.2, -0.15) is 5.10 Å². The predicted octanol–water partition coefficient (Wildman–Crippen LogP) is 1.73. The minimum Gasteiger partial charge on any atom is -0.378 e. The number of hydrogen-bond donors (Lipinski definition) is 1. The van der Waals surface area contributed by atoms with Crippen molar-refractivity contribution in [3.8, 4) is 0 Å². The topological polar surface area (TPSA) is 59.4 Å². The molecule has 1 aromatic heterocycles. The summed E-state index contributed by atoms with van der Waals surface area (Å²) in [5, 5.41) is 7.14. The van der Waals surface area contributed by atoms with Crippen LogP contribution in [0.1, 0.15) is 17.5 Å². The zero-order valence-electron chi connectivity index (χ0n) is 14.1. The summed E-state index contributed by atoms with van der Waals surface area (Å²) in [6.45, 7) is 6.59. The third-order valence-electron chi connectivity index (χ3n) is 4.13. The molecule has 1 saturated heterocycles. The second-order valence-corrected chi connectivity index (χ2v) is 6.07. The molecule has 128 valence electrons. The van der Waals surface area contributed by atoms with Crippen LogP contribution in [0.15, 0.2) is 36.7 Å². The van der Waals surface area contributed by atoms with Crippen LogP contribution in [0.5, 0.6) is 0 Å². The molecule has 0 spiro atoms. The highest BCUT2D eigenvalue weighted by molar-refractivity contribution is 5.75. The van der Waals surface area contributed by atoms with Crippen LogP contribution in [0, 0.1) is 6.92 Å². The van der Waals surface area contributed by atoms with Crippen LogP contribution < -0.4 is 10.2 Å². The van der Waals surface area contributed by atoms with Gasteiger partial charge < -0.3 is 15.0 Å². The van der Waals surface area contributed by atoms with Crippen molar-refractivity contribution >= 4 is 11.6 Å². The summed E-state index contributed by atoms with van der Waals surface area (Å²) in [7, 11) is 0. The summed E-state index contributed by atoms with van der Waals surface area (Å²) in [5.74, 6) is 0.0420. The Labute approximate surface area is 142 Å². The molecule has 0 unspecified atom stereocenters. The lowest BCUT2D eigenvalue weighted by molar-refractivity contribution is -0.121. The number of nitrogens with one attached hydrogen (secondary N) is 1. The lowest BCUT2D eigenvalue weighted by atomic mass is 10.2. The molecule has 1 fully saturated rings. The lowest BCUT2D eigenvalue weighted by Crippen LogP contribution is -2.36. The molecular weight excluding hydrogens is 304 g/mol. The Hall–Kier alpha value is -2.34. The number of carbonyl (C=O) groups is 1. The van der Waals surface area contributed by atoms with Crippen LogP contribution in [0.2, 0.25) is 0 Å². The molecule has 1 aliphatic rings. The molecule has 1 amide bonds. The number of aryl methyl sites for hydroxylation is 2. The Morgan fingerprint density at radius 1 is 1.25 bits per heavy atom. The van der Waals surface area contributed by atoms with Crippen molar-refractivity contribution < 1.29 is 9.53 Å². The van der Waals surface area contributed by atoms with Crippen LogP contribution in [-0.2, 0) is 22.6 Å². The van der Waals surface area contributed by atoms with Gasteiger partial charge in [-0.25, -0.2) is 0 Å². The van der Waals surface area contributed by atoms with Gasteiger partial charge in [0, 0.05) is 44.5 Å². The van der Waals surface area contributed by atoms with Crippen molar-refractivity contribution in [3.05, 3.63) is 47.8 Å². The maximum absolute atomic E-state index is 11.9. The molecule has 0 aliphatic carbocycles. The molecule has 6 nitrogen and oxygen atoms in total. The van der Waals surface area contributed by atoms with Crippen molar-refractivity contribution in [1.29, 1.82) is 0 Å². The van der Waals surface area contributed by atoms with Gasteiger partial charge in [-0.1, -0.05) is 12.1 Å². The van der Waals surface area contributed by atoms with E-state index in [1.807, 2.05) is 13.1 Å². The zero-order valence-corrected chi connectivity index (χ0v) is 14.1. The van der Waals surface area contributed by atoms with Crippen LogP contribution in [-0.4, -0.2) is 42.0 Å². The summed E-state index contributed by atoms with van der Waals surface area (Å²) >= 11 is 0. The van der Waals surface area contributed by atoms with Gasteiger partial charge in [0.1, 0.15) is 0 Å². The molecule has 0 saturated carbocycles. The van der Waals surface area contributed by atoms with E-state index < -0.39 is 0 Å². The number of anilines is 1. The van der Waals surface area contributed by atoms with Gasteiger partial charge in [-0.3, -0.25) is 9.48 Å². The van der Waals surface area contributed by atoms with E-state index in [0.717, 1.165) is 37.4 Å². The second-order valence-electron chi connectivity index (χ2n) is 6.07. The smallest absolute Gasteiger partial charge is 0.222 e. The molecule has 2 aromatic rings. The fourth-order valence-corrected chi connectivity index (χ4v) is 2.74. The maximum Gasteiger partial charge on any atom is 0.222 e. The average Bonchev–Trinajstić information content (AvgIpc) is 3.05. The average molecular weight is 328 g/mol. The summed E-state index contributed by atoms with van der Waals surface area (Å²) in [6, 6.07) is 8.36. The largest absolute Gasteiger partial charge is 0.378 e. The van der Waals surface area contributed by atoms with Gasteiger partial charge in [0.25, 0.3) is 0 Å². The van der Waals surface area contributed by atoms with E-state index in [2.05, 4.69) is 39.6 Å². The molecule has 0 atom stereocenters. The number of ether oxygens (including phenoxy) is 1. The standard InChI is InChI=1S/C18H24N4O2/c1-15-12-20-22(14-15)7-6-18(23)19-13-16-2-4-17(5-3-16)21-8-10-24-11-9-21/h2-5,12,14H,6-11,13H2,1H3,(H,19,23). The van der Waals surface area contributed by atoms with Gasteiger partial charge in [-0.05, 0) is 30.2 Å². The normalized spacial score (nSPS) is 14.6. The SMILES string of the molecule is Cc1cnn(CCC(=O)NCc2ccc(N3CCOCC3)cc2)c1. The van der Waals surface area contributed by atoms with E-state index >= 15 is 0 Å². The van der Waals surface area contributed by atoms with Crippen molar-refractivity contribution in [1.82, 2.24) is 15.1 Å². The molecule has 2 heterocycles. The number of carbonyl (C=O) groups excluding carboxylic acids is 1. The van der Waals surface area contributed by atoms with Crippen molar-refractivity contribution in [2.24, 2.45) is 0 Å². The number of rotatable bonds is 6. The molecular formula is C18H24N4O2. The van der Waals surface area contributed by atoms with E-state index in [4.69, 9.17) is 4.74 Å². The number of amides is 1. The summed E-state index contributed by atoms with van der Waals surface area (Å²) in [5.41, 5.74) is 3.42. The summed E-state index contributed by atoms with van der Waals surface area (Å²) in [6.07, 6.45) is 4.18. The summed E-state index contributed by atoms with van der Waals surface area (Å²) in [4.78, 5) is 14.3. The van der Waals surface area contributed by atoms with E-state index in [1.165, 1.54) is 5.69 Å². The van der Waals surface area contributed by atoms with E-state index in [-0.39, 0.29) is 5.91 Å². The van der Waals surface area contributed by atoms with Crippen LogP contribution >= 0.6 is 0 Å². The Morgan fingerprint density at radius 3 is 2.67 bits per heavy atom. The number of nitrogens with zero attached hydrogens (tertiary/aromatic N) is 3. The quantitative estimate of drug-likeness (QED) is 0.877. The first-order chi connectivity index (χ1) is 11.7. The Bertz CT molecular complexity index is 660. The first-order valence-corrected chi connectivity index (χ1v) is 8.38. The molecule has 0 radical (unpaired) electrons. The Balaban J connectivity index is 1.43. The fourth-order valence-electron chi connectivity index (χ4n) is 2.74. The van der Waals surface area contributed by atoms with Crippen LogP contribution in [0.4, 0.5) is 5.69 Å². The third-order valence-corrected chi connectivity index (χ3v) is 4.13. The highest BCUT2D eigenvalue weighted by Crippen LogP contribution is 2.16. The molecule has 1 aliphatic heterocycles. The van der Waals surface area contributed by atoms with Crippen LogP contribution in [0.3, 0.4) is 0 Å². The minimum atomic E-state index is 0.0420. The van der Waals surface area contributed by atoms with Crippen LogP contribution in [0.25, 0.3) is 0 Å². The monoisotopic (exact) mass is 328 g/mol.